The third-order valence-corrected chi connectivity index (χ3v) is 3.93. The van der Waals surface area contributed by atoms with Crippen molar-refractivity contribution in [2.45, 2.75) is 20.0 Å². The monoisotopic (exact) mass is 379 g/mol. The van der Waals surface area contributed by atoms with Gasteiger partial charge in [0.25, 0.3) is 5.91 Å². The van der Waals surface area contributed by atoms with E-state index in [9.17, 15) is 14.4 Å². The average Bonchev–Trinajstić information content (AvgIpc) is 3.23. The number of hydrogen-bond acceptors (Lipinski definition) is 7. The number of nitrogens with zero attached hydrogens (tertiary/aromatic N) is 4. The highest BCUT2D eigenvalue weighted by atomic mass is 16.5. The van der Waals surface area contributed by atoms with Crippen molar-refractivity contribution in [3.05, 3.63) is 66.0 Å². The molecule has 0 bridgehead atoms. The molecule has 0 radical (unpaired) electrons. The van der Waals surface area contributed by atoms with Crippen molar-refractivity contribution in [1.82, 2.24) is 20.2 Å². The summed E-state index contributed by atoms with van der Waals surface area (Å²) < 4.78 is 6.66. The van der Waals surface area contributed by atoms with E-state index in [1.807, 2.05) is 0 Å². The van der Waals surface area contributed by atoms with Gasteiger partial charge in [-0.25, -0.2) is 9.48 Å². The number of ether oxygens (including phenoxy) is 1. The van der Waals surface area contributed by atoms with Gasteiger partial charge in [-0.2, -0.15) is 0 Å². The standard InChI is InChI=1S/C19H17N5O4/c1-12(25)16-5-3-4-6-17(16)21-18(26)13(2)28-19(27)14-7-9-15(10-8-14)24-11-20-22-23-24/h3-11,13H,1-2H3,(H,21,26)/t13-/m0/s1. The molecular weight excluding hydrogens is 362 g/mol. The molecule has 0 aliphatic heterocycles. The van der Waals surface area contributed by atoms with E-state index in [0.29, 0.717) is 16.9 Å². The van der Waals surface area contributed by atoms with E-state index < -0.39 is 18.0 Å². The molecule has 0 saturated heterocycles. The number of nitrogens with one attached hydrogen (secondary N) is 1. The fourth-order valence-electron chi connectivity index (χ4n) is 2.45. The number of carbonyl (C=O) groups is 3. The van der Waals surface area contributed by atoms with Crippen molar-refractivity contribution < 1.29 is 19.1 Å². The Bertz CT molecular complexity index is 999. The van der Waals surface area contributed by atoms with E-state index in [0.717, 1.165) is 0 Å². The van der Waals surface area contributed by atoms with Crippen LogP contribution in [0.3, 0.4) is 0 Å². The van der Waals surface area contributed by atoms with Gasteiger partial charge in [0.15, 0.2) is 11.9 Å². The van der Waals surface area contributed by atoms with Crippen molar-refractivity contribution in [3.8, 4) is 5.69 Å². The van der Waals surface area contributed by atoms with Crippen molar-refractivity contribution in [3.63, 3.8) is 0 Å². The second-order valence-corrected chi connectivity index (χ2v) is 5.94. The van der Waals surface area contributed by atoms with Crippen LogP contribution in [0.4, 0.5) is 5.69 Å². The number of carbonyl (C=O) groups excluding carboxylic acids is 3. The van der Waals surface area contributed by atoms with E-state index in [1.54, 1.807) is 48.5 Å². The van der Waals surface area contributed by atoms with Gasteiger partial charge in [-0.15, -0.1) is 5.10 Å². The molecule has 1 atom stereocenters. The summed E-state index contributed by atoms with van der Waals surface area (Å²) in [6.07, 6.45) is 0.380. The second-order valence-electron chi connectivity index (χ2n) is 5.94. The number of aromatic nitrogens is 4. The number of ketones is 1. The van der Waals surface area contributed by atoms with Crippen LogP contribution in [0.2, 0.25) is 0 Å². The summed E-state index contributed by atoms with van der Waals surface area (Å²) in [6.45, 7) is 2.87. The lowest BCUT2D eigenvalue weighted by Crippen LogP contribution is -2.30. The zero-order valence-corrected chi connectivity index (χ0v) is 15.2. The summed E-state index contributed by atoms with van der Waals surface area (Å²) in [5, 5.41) is 13.5. The topological polar surface area (TPSA) is 116 Å². The lowest BCUT2D eigenvalue weighted by Gasteiger charge is -2.15. The predicted molar refractivity (Wildman–Crippen MR) is 99.1 cm³/mol. The first-order valence-electron chi connectivity index (χ1n) is 8.41. The van der Waals surface area contributed by atoms with Crippen LogP contribution in [0.25, 0.3) is 5.69 Å². The van der Waals surface area contributed by atoms with Gasteiger partial charge in [-0.05, 0) is 60.7 Å². The van der Waals surface area contributed by atoms with E-state index >= 15 is 0 Å². The molecular formula is C19H17N5O4. The Hall–Kier alpha value is -3.88. The molecule has 1 amide bonds. The fourth-order valence-corrected chi connectivity index (χ4v) is 2.45. The number of rotatable bonds is 6. The maximum Gasteiger partial charge on any atom is 0.338 e. The second kappa shape index (κ2) is 8.21. The SMILES string of the molecule is CC(=O)c1ccccc1NC(=O)[C@H](C)OC(=O)c1ccc(-n2cnnn2)cc1. The molecule has 9 nitrogen and oxygen atoms in total. The smallest absolute Gasteiger partial charge is 0.338 e. The first kappa shape index (κ1) is 18.9. The van der Waals surface area contributed by atoms with Crippen molar-refractivity contribution >= 4 is 23.3 Å². The first-order valence-corrected chi connectivity index (χ1v) is 8.41. The summed E-state index contributed by atoms with van der Waals surface area (Å²) in [5.74, 6) is -1.36. The Kier molecular flexibility index (Phi) is 5.54. The average molecular weight is 379 g/mol. The molecule has 0 unspecified atom stereocenters. The lowest BCUT2D eigenvalue weighted by molar-refractivity contribution is -0.123. The van der Waals surface area contributed by atoms with Gasteiger partial charge in [-0.1, -0.05) is 12.1 Å². The minimum Gasteiger partial charge on any atom is -0.449 e. The molecule has 1 N–H and O–H groups in total. The normalized spacial score (nSPS) is 11.5. The Morgan fingerprint density at radius 1 is 1.07 bits per heavy atom. The van der Waals surface area contributed by atoms with E-state index in [4.69, 9.17) is 4.74 Å². The van der Waals surface area contributed by atoms with E-state index in [2.05, 4.69) is 20.8 Å². The molecule has 0 fully saturated rings. The number of anilines is 1. The van der Waals surface area contributed by atoms with Crippen LogP contribution < -0.4 is 5.32 Å². The molecule has 0 aliphatic carbocycles. The van der Waals surface area contributed by atoms with Gasteiger partial charge >= 0.3 is 5.97 Å². The molecule has 1 aromatic heterocycles. The fraction of sp³-hybridized carbons (Fsp3) is 0.158. The van der Waals surface area contributed by atoms with Gasteiger partial charge in [0.05, 0.1) is 16.9 Å². The number of hydrogen-bond donors (Lipinski definition) is 1. The summed E-state index contributed by atoms with van der Waals surface area (Å²) >= 11 is 0. The maximum atomic E-state index is 12.3. The molecule has 2 aromatic carbocycles. The molecule has 3 rings (SSSR count). The number of Topliss-reactive ketones (excluding diaryl/α,β-unsaturated/α-hetero) is 1. The highest BCUT2D eigenvalue weighted by Crippen LogP contribution is 2.16. The molecule has 28 heavy (non-hydrogen) atoms. The van der Waals surface area contributed by atoms with Gasteiger partial charge in [-0.3, -0.25) is 9.59 Å². The largest absolute Gasteiger partial charge is 0.449 e. The summed E-state index contributed by atoms with van der Waals surface area (Å²) in [7, 11) is 0. The first-order chi connectivity index (χ1) is 13.5. The Morgan fingerprint density at radius 3 is 2.43 bits per heavy atom. The molecule has 3 aromatic rings. The highest BCUT2D eigenvalue weighted by Gasteiger charge is 2.20. The zero-order valence-electron chi connectivity index (χ0n) is 15.2. The van der Waals surface area contributed by atoms with Crippen LogP contribution in [0.15, 0.2) is 54.9 Å². The third-order valence-electron chi connectivity index (χ3n) is 3.93. The number of tetrazole rings is 1. The van der Waals surface area contributed by atoms with Crippen LogP contribution in [-0.4, -0.2) is 44.0 Å². The van der Waals surface area contributed by atoms with Crippen molar-refractivity contribution in [2.24, 2.45) is 0 Å². The van der Waals surface area contributed by atoms with Gasteiger partial charge < -0.3 is 10.1 Å². The summed E-state index contributed by atoms with van der Waals surface area (Å²) in [4.78, 5) is 36.3. The van der Waals surface area contributed by atoms with E-state index in [-0.39, 0.29) is 11.3 Å². The predicted octanol–water partition coefficient (Wildman–Crippen LogP) is 2.05. The Balaban J connectivity index is 1.64. The molecule has 0 saturated carbocycles. The number of esters is 1. The van der Waals surface area contributed by atoms with E-state index in [1.165, 1.54) is 24.9 Å². The van der Waals surface area contributed by atoms with Crippen molar-refractivity contribution in [2.75, 3.05) is 5.32 Å². The van der Waals surface area contributed by atoms with Crippen molar-refractivity contribution in [1.29, 1.82) is 0 Å². The van der Waals surface area contributed by atoms with Gasteiger partial charge in [0.2, 0.25) is 0 Å². The summed E-state index contributed by atoms with van der Waals surface area (Å²) in [6, 6.07) is 13.0. The molecule has 0 spiro atoms. The van der Waals surface area contributed by atoms with Crippen LogP contribution in [-0.2, 0) is 9.53 Å². The maximum absolute atomic E-state index is 12.3. The molecule has 9 heteroatoms. The minimum absolute atomic E-state index is 0.178. The van der Waals surface area contributed by atoms with Crippen LogP contribution >= 0.6 is 0 Å². The summed E-state index contributed by atoms with van der Waals surface area (Å²) in [5.41, 5.74) is 1.70. The minimum atomic E-state index is -1.05. The lowest BCUT2D eigenvalue weighted by atomic mass is 10.1. The quantitative estimate of drug-likeness (QED) is 0.515. The molecule has 1 heterocycles. The number of para-hydroxylation sites is 1. The molecule has 0 aliphatic rings. The van der Waals surface area contributed by atoms with Crippen LogP contribution in [0.5, 0.6) is 0 Å². The zero-order chi connectivity index (χ0) is 20.1. The van der Waals surface area contributed by atoms with Crippen LogP contribution in [0, 0.1) is 0 Å². The van der Waals surface area contributed by atoms with Gasteiger partial charge in [0.1, 0.15) is 6.33 Å². The third kappa shape index (κ3) is 4.26. The van der Waals surface area contributed by atoms with Crippen LogP contribution in [0.1, 0.15) is 34.6 Å². The number of benzene rings is 2. The Labute approximate surface area is 160 Å². The number of amides is 1. The molecule has 142 valence electrons. The Morgan fingerprint density at radius 2 is 1.79 bits per heavy atom. The van der Waals surface area contributed by atoms with Gasteiger partial charge in [0, 0.05) is 5.56 Å². The highest BCUT2D eigenvalue weighted by molar-refractivity contribution is 6.05.